The van der Waals surface area contributed by atoms with Gasteiger partial charge < -0.3 is 15.0 Å². The minimum Gasteiger partial charge on any atom is -0.452 e. The van der Waals surface area contributed by atoms with E-state index in [-0.39, 0.29) is 17.2 Å². The van der Waals surface area contributed by atoms with Gasteiger partial charge in [-0.1, -0.05) is 13.8 Å². The van der Waals surface area contributed by atoms with Crippen LogP contribution in [-0.4, -0.2) is 44.0 Å². The second-order valence-electron chi connectivity index (χ2n) is 5.63. The Morgan fingerprint density at radius 1 is 1.35 bits per heavy atom. The molecule has 0 heterocycles. The Hall–Kier alpha value is -2.64. The van der Waals surface area contributed by atoms with E-state index in [0.717, 1.165) is 6.07 Å². The summed E-state index contributed by atoms with van der Waals surface area (Å²) in [6.07, 6.45) is 0. The van der Waals surface area contributed by atoms with E-state index in [0.29, 0.717) is 12.2 Å². The van der Waals surface area contributed by atoms with Crippen molar-refractivity contribution in [3.63, 3.8) is 0 Å². The van der Waals surface area contributed by atoms with Gasteiger partial charge >= 0.3 is 5.97 Å². The van der Waals surface area contributed by atoms with Crippen molar-refractivity contribution >= 4 is 23.3 Å². The van der Waals surface area contributed by atoms with Crippen LogP contribution in [0.4, 0.5) is 11.4 Å². The van der Waals surface area contributed by atoms with Crippen LogP contribution in [0, 0.1) is 16.0 Å². The Morgan fingerprint density at radius 2 is 2.00 bits per heavy atom. The highest BCUT2D eigenvalue weighted by molar-refractivity contribution is 5.97. The molecule has 0 bridgehead atoms. The predicted molar refractivity (Wildman–Crippen MR) is 85.6 cm³/mol. The van der Waals surface area contributed by atoms with E-state index in [2.05, 4.69) is 5.32 Å². The highest BCUT2D eigenvalue weighted by Crippen LogP contribution is 2.24. The molecule has 0 aromatic heterocycles. The summed E-state index contributed by atoms with van der Waals surface area (Å²) in [6.45, 7) is 3.94. The standard InChI is InChI=1S/C15H21N3O5/c1-10(2)8-16-14(19)9-23-15(20)12-7-11(18(21)22)5-6-13(12)17(3)4/h5-7,10H,8-9H2,1-4H3,(H,16,19). The molecule has 1 N–H and O–H groups in total. The molecular weight excluding hydrogens is 302 g/mol. The van der Waals surface area contributed by atoms with E-state index >= 15 is 0 Å². The minimum absolute atomic E-state index is 0.0425. The molecule has 1 aromatic rings. The Balaban J connectivity index is 2.83. The minimum atomic E-state index is -0.780. The number of nitrogens with zero attached hydrogens (tertiary/aromatic N) is 2. The number of ether oxygens (including phenoxy) is 1. The molecule has 0 spiro atoms. The van der Waals surface area contributed by atoms with Crippen LogP contribution in [0.3, 0.4) is 0 Å². The van der Waals surface area contributed by atoms with Crippen molar-refractivity contribution in [2.24, 2.45) is 5.92 Å². The highest BCUT2D eigenvalue weighted by atomic mass is 16.6. The van der Waals surface area contributed by atoms with E-state index in [4.69, 9.17) is 4.74 Å². The lowest BCUT2D eigenvalue weighted by Gasteiger charge is -2.16. The van der Waals surface area contributed by atoms with Crippen molar-refractivity contribution in [1.82, 2.24) is 5.32 Å². The smallest absolute Gasteiger partial charge is 0.341 e. The van der Waals surface area contributed by atoms with Gasteiger partial charge in [0.1, 0.15) is 0 Å². The summed E-state index contributed by atoms with van der Waals surface area (Å²) in [7, 11) is 3.40. The van der Waals surface area contributed by atoms with Crippen LogP contribution >= 0.6 is 0 Å². The molecular formula is C15H21N3O5. The number of hydrogen-bond acceptors (Lipinski definition) is 6. The van der Waals surface area contributed by atoms with Gasteiger partial charge in [-0.3, -0.25) is 14.9 Å². The van der Waals surface area contributed by atoms with Gasteiger partial charge in [-0.2, -0.15) is 0 Å². The first-order valence-electron chi connectivity index (χ1n) is 7.12. The molecule has 0 aliphatic heterocycles. The van der Waals surface area contributed by atoms with Crippen molar-refractivity contribution in [2.45, 2.75) is 13.8 Å². The average molecular weight is 323 g/mol. The van der Waals surface area contributed by atoms with Gasteiger partial charge in [0.15, 0.2) is 6.61 Å². The van der Waals surface area contributed by atoms with Gasteiger partial charge in [-0.15, -0.1) is 0 Å². The summed E-state index contributed by atoms with van der Waals surface area (Å²) in [6, 6.07) is 3.92. The highest BCUT2D eigenvalue weighted by Gasteiger charge is 2.20. The third-order valence-corrected chi connectivity index (χ3v) is 2.93. The summed E-state index contributed by atoms with van der Waals surface area (Å²) in [5.74, 6) is -0.909. The number of carbonyl (C=O) groups excluding carboxylic acids is 2. The van der Waals surface area contributed by atoms with Gasteiger partial charge in [0, 0.05) is 32.8 Å². The largest absolute Gasteiger partial charge is 0.452 e. The van der Waals surface area contributed by atoms with Crippen molar-refractivity contribution in [3.8, 4) is 0 Å². The second kappa shape index (κ2) is 8.11. The monoisotopic (exact) mass is 323 g/mol. The lowest BCUT2D eigenvalue weighted by Crippen LogP contribution is -2.31. The number of benzene rings is 1. The summed E-state index contributed by atoms with van der Waals surface area (Å²) in [5, 5.41) is 13.5. The molecule has 23 heavy (non-hydrogen) atoms. The molecule has 0 saturated carbocycles. The molecule has 8 heteroatoms. The zero-order valence-corrected chi connectivity index (χ0v) is 13.7. The lowest BCUT2D eigenvalue weighted by atomic mass is 10.1. The predicted octanol–water partition coefficient (Wildman–Crippen LogP) is 1.59. The Morgan fingerprint density at radius 3 is 2.52 bits per heavy atom. The summed E-state index contributed by atoms with van der Waals surface area (Å²) < 4.78 is 4.95. The van der Waals surface area contributed by atoms with Crippen molar-refractivity contribution in [1.29, 1.82) is 0 Å². The second-order valence-corrected chi connectivity index (χ2v) is 5.63. The maximum absolute atomic E-state index is 12.1. The molecule has 0 atom stereocenters. The average Bonchev–Trinajstić information content (AvgIpc) is 2.49. The van der Waals surface area contributed by atoms with E-state index in [1.807, 2.05) is 13.8 Å². The zero-order chi connectivity index (χ0) is 17.6. The van der Waals surface area contributed by atoms with Crippen molar-refractivity contribution in [2.75, 3.05) is 32.1 Å². The number of rotatable bonds is 7. The Bertz CT molecular complexity index is 599. The normalized spacial score (nSPS) is 10.3. The molecule has 0 unspecified atom stereocenters. The Kier molecular flexibility index (Phi) is 6.49. The van der Waals surface area contributed by atoms with Crippen LogP contribution in [0.15, 0.2) is 18.2 Å². The molecule has 0 radical (unpaired) electrons. The number of anilines is 1. The van der Waals surface area contributed by atoms with Gasteiger partial charge in [0.2, 0.25) is 0 Å². The molecule has 126 valence electrons. The summed E-state index contributed by atoms with van der Waals surface area (Å²) in [4.78, 5) is 35.6. The Labute approximate surface area is 134 Å². The van der Waals surface area contributed by atoms with E-state index in [1.54, 1.807) is 19.0 Å². The first-order valence-corrected chi connectivity index (χ1v) is 7.12. The summed E-state index contributed by atoms with van der Waals surface area (Å²) >= 11 is 0. The van der Waals surface area contributed by atoms with Crippen LogP contribution < -0.4 is 10.2 Å². The fourth-order valence-electron chi connectivity index (χ4n) is 1.77. The zero-order valence-electron chi connectivity index (χ0n) is 13.7. The van der Waals surface area contributed by atoms with Gasteiger partial charge in [0.05, 0.1) is 16.2 Å². The van der Waals surface area contributed by atoms with Crippen LogP contribution in [0.5, 0.6) is 0 Å². The fourth-order valence-corrected chi connectivity index (χ4v) is 1.77. The number of nitrogens with one attached hydrogen (secondary N) is 1. The maximum Gasteiger partial charge on any atom is 0.341 e. The number of carbonyl (C=O) groups is 2. The molecule has 1 aromatic carbocycles. The molecule has 1 amide bonds. The van der Waals surface area contributed by atoms with Crippen LogP contribution in [0.1, 0.15) is 24.2 Å². The SMILES string of the molecule is CC(C)CNC(=O)COC(=O)c1cc([N+](=O)[O-])ccc1N(C)C. The van der Waals surface area contributed by atoms with Crippen molar-refractivity contribution in [3.05, 3.63) is 33.9 Å². The topological polar surface area (TPSA) is 102 Å². The van der Waals surface area contributed by atoms with Crippen LogP contribution in [-0.2, 0) is 9.53 Å². The van der Waals surface area contributed by atoms with E-state index in [9.17, 15) is 19.7 Å². The van der Waals surface area contributed by atoms with Crippen molar-refractivity contribution < 1.29 is 19.2 Å². The lowest BCUT2D eigenvalue weighted by molar-refractivity contribution is -0.384. The maximum atomic E-state index is 12.1. The number of esters is 1. The number of amides is 1. The third-order valence-electron chi connectivity index (χ3n) is 2.93. The van der Waals surface area contributed by atoms with E-state index in [1.165, 1.54) is 12.1 Å². The van der Waals surface area contributed by atoms with Gasteiger partial charge in [-0.05, 0) is 12.0 Å². The summed E-state index contributed by atoms with van der Waals surface area (Å²) in [5.41, 5.74) is 0.302. The number of non-ortho nitro benzene ring substituents is 1. The van der Waals surface area contributed by atoms with Crippen LogP contribution in [0.2, 0.25) is 0 Å². The number of hydrogen-bond donors (Lipinski definition) is 1. The molecule has 0 saturated heterocycles. The third kappa shape index (κ3) is 5.57. The van der Waals surface area contributed by atoms with Crippen LogP contribution in [0.25, 0.3) is 0 Å². The van der Waals surface area contributed by atoms with E-state index < -0.39 is 23.4 Å². The van der Waals surface area contributed by atoms with Gasteiger partial charge in [0.25, 0.3) is 11.6 Å². The molecule has 0 aliphatic carbocycles. The molecule has 0 fully saturated rings. The number of nitro benzene ring substituents is 1. The number of nitro groups is 1. The molecule has 0 aliphatic rings. The fraction of sp³-hybridized carbons (Fsp3) is 0.467. The van der Waals surface area contributed by atoms with Gasteiger partial charge in [-0.25, -0.2) is 4.79 Å². The first kappa shape index (κ1) is 18.4. The molecule has 8 nitrogen and oxygen atoms in total. The first-order chi connectivity index (χ1) is 10.7. The molecule has 1 rings (SSSR count). The quantitative estimate of drug-likeness (QED) is 0.464.